The average Bonchev–Trinajstić information content (AvgIpc) is 2.77. The molecule has 0 saturated carbocycles. The topological polar surface area (TPSA) is 52.6 Å². The average molecular weight is 256 g/mol. The van der Waals surface area contributed by atoms with Gasteiger partial charge in [-0.1, -0.05) is 0 Å². The van der Waals surface area contributed by atoms with Crippen molar-refractivity contribution in [3.05, 3.63) is 22.4 Å². The van der Waals surface area contributed by atoms with E-state index in [0.717, 1.165) is 5.56 Å². The molecule has 1 rings (SSSR count). The summed E-state index contributed by atoms with van der Waals surface area (Å²) in [5.41, 5.74) is -0.149. The van der Waals surface area contributed by atoms with Gasteiger partial charge in [0.2, 0.25) is 5.91 Å². The molecule has 0 spiro atoms. The third kappa shape index (κ3) is 4.85. The number of amides is 1. The summed E-state index contributed by atoms with van der Waals surface area (Å²) in [6.45, 7) is 2.67. The molecule has 1 aromatic heterocycles. The first-order valence-corrected chi connectivity index (χ1v) is 6.52. The van der Waals surface area contributed by atoms with Crippen LogP contribution in [0.4, 0.5) is 0 Å². The van der Waals surface area contributed by atoms with Gasteiger partial charge in [0.1, 0.15) is 5.60 Å². The molecule has 96 valence electrons. The van der Waals surface area contributed by atoms with Crippen LogP contribution in [0.5, 0.6) is 0 Å². The highest BCUT2D eigenvalue weighted by atomic mass is 32.1. The third-order valence-corrected chi connectivity index (χ3v) is 3.24. The highest BCUT2D eigenvalue weighted by Crippen LogP contribution is 2.21. The Bertz CT molecular complexity index is 347. The number of nitrogens with zero attached hydrogens (tertiary/aromatic N) is 1. The summed E-state index contributed by atoms with van der Waals surface area (Å²) in [7, 11) is 3.85. The Hall–Kier alpha value is -0.910. The van der Waals surface area contributed by atoms with Crippen LogP contribution in [0.1, 0.15) is 18.9 Å². The molecule has 1 heterocycles. The number of hydrogen-bond acceptors (Lipinski definition) is 4. The predicted molar refractivity (Wildman–Crippen MR) is 70.1 cm³/mol. The summed E-state index contributed by atoms with van der Waals surface area (Å²) in [4.78, 5) is 13.5. The molecule has 17 heavy (non-hydrogen) atoms. The Kier molecular flexibility index (Phi) is 5.11. The number of rotatable bonds is 6. The SMILES string of the molecule is CN(C)CCC(=O)NCC(C)(O)c1ccsc1. The van der Waals surface area contributed by atoms with Crippen molar-refractivity contribution in [2.24, 2.45) is 0 Å². The second kappa shape index (κ2) is 6.14. The maximum Gasteiger partial charge on any atom is 0.221 e. The summed E-state index contributed by atoms with van der Waals surface area (Å²) >= 11 is 1.54. The first kappa shape index (κ1) is 14.2. The Labute approximate surface area is 106 Å². The lowest BCUT2D eigenvalue weighted by molar-refractivity contribution is -0.122. The zero-order chi connectivity index (χ0) is 12.9. The standard InChI is InChI=1S/C12H20N2O2S/c1-12(16,10-5-7-17-8-10)9-13-11(15)4-6-14(2)3/h5,7-8,16H,4,6,9H2,1-3H3,(H,13,15). The van der Waals surface area contributed by atoms with Gasteiger partial charge in [-0.15, -0.1) is 0 Å². The first-order chi connectivity index (χ1) is 7.92. The molecular weight excluding hydrogens is 236 g/mol. The maximum atomic E-state index is 11.5. The minimum Gasteiger partial charge on any atom is -0.384 e. The zero-order valence-corrected chi connectivity index (χ0v) is 11.4. The Balaban J connectivity index is 2.37. The zero-order valence-electron chi connectivity index (χ0n) is 10.6. The molecule has 0 aromatic carbocycles. The number of carbonyl (C=O) groups excluding carboxylic acids is 1. The Morgan fingerprint density at radius 2 is 2.29 bits per heavy atom. The van der Waals surface area contributed by atoms with Crippen molar-refractivity contribution in [3.63, 3.8) is 0 Å². The quantitative estimate of drug-likeness (QED) is 0.799. The molecule has 2 N–H and O–H groups in total. The molecule has 0 radical (unpaired) electrons. The van der Waals surface area contributed by atoms with Gasteiger partial charge >= 0.3 is 0 Å². The number of hydrogen-bond donors (Lipinski definition) is 2. The number of aliphatic hydroxyl groups is 1. The molecule has 1 unspecified atom stereocenters. The van der Waals surface area contributed by atoms with Gasteiger partial charge in [-0.05, 0) is 43.4 Å². The van der Waals surface area contributed by atoms with Crippen LogP contribution in [0.15, 0.2) is 16.8 Å². The summed E-state index contributed by atoms with van der Waals surface area (Å²) < 4.78 is 0. The lowest BCUT2D eigenvalue weighted by Crippen LogP contribution is -2.39. The van der Waals surface area contributed by atoms with Crippen LogP contribution in [0, 0.1) is 0 Å². The highest BCUT2D eigenvalue weighted by molar-refractivity contribution is 7.08. The van der Waals surface area contributed by atoms with Crippen molar-refractivity contribution in [3.8, 4) is 0 Å². The summed E-state index contributed by atoms with van der Waals surface area (Å²) in [6, 6.07) is 1.87. The molecular formula is C12H20N2O2S. The van der Waals surface area contributed by atoms with Crippen molar-refractivity contribution < 1.29 is 9.90 Å². The van der Waals surface area contributed by atoms with E-state index in [4.69, 9.17) is 0 Å². The molecule has 0 aliphatic heterocycles. The fourth-order valence-corrected chi connectivity index (χ4v) is 2.14. The summed E-state index contributed by atoms with van der Waals surface area (Å²) in [5, 5.41) is 16.7. The molecule has 0 bridgehead atoms. The molecule has 1 aromatic rings. The molecule has 4 nitrogen and oxygen atoms in total. The second-order valence-electron chi connectivity index (χ2n) is 4.62. The normalized spacial score (nSPS) is 14.6. The van der Waals surface area contributed by atoms with Crippen LogP contribution in [0.2, 0.25) is 0 Å². The number of carbonyl (C=O) groups is 1. The van der Waals surface area contributed by atoms with Crippen molar-refractivity contribution in [1.82, 2.24) is 10.2 Å². The van der Waals surface area contributed by atoms with Gasteiger partial charge in [0.25, 0.3) is 0 Å². The molecule has 0 aliphatic carbocycles. The van der Waals surface area contributed by atoms with Crippen LogP contribution in [-0.4, -0.2) is 43.1 Å². The van der Waals surface area contributed by atoms with E-state index in [1.165, 1.54) is 11.3 Å². The number of nitrogens with one attached hydrogen (secondary N) is 1. The second-order valence-corrected chi connectivity index (χ2v) is 5.40. The van der Waals surface area contributed by atoms with Gasteiger partial charge in [0.05, 0.1) is 6.54 Å². The summed E-state index contributed by atoms with van der Waals surface area (Å²) in [5.74, 6) is -0.0331. The third-order valence-electron chi connectivity index (χ3n) is 2.56. The molecule has 5 heteroatoms. The fraction of sp³-hybridized carbons (Fsp3) is 0.583. The molecule has 0 aliphatic rings. The van der Waals surface area contributed by atoms with E-state index >= 15 is 0 Å². The van der Waals surface area contributed by atoms with Gasteiger partial charge < -0.3 is 15.3 Å². The minimum absolute atomic E-state index is 0.0331. The van der Waals surface area contributed by atoms with Gasteiger partial charge in [-0.3, -0.25) is 4.79 Å². The van der Waals surface area contributed by atoms with Gasteiger partial charge in [0, 0.05) is 13.0 Å². The highest BCUT2D eigenvalue weighted by Gasteiger charge is 2.23. The van der Waals surface area contributed by atoms with Crippen molar-refractivity contribution in [1.29, 1.82) is 0 Å². The smallest absolute Gasteiger partial charge is 0.221 e. The van der Waals surface area contributed by atoms with Crippen LogP contribution in [0.25, 0.3) is 0 Å². The Morgan fingerprint density at radius 1 is 1.59 bits per heavy atom. The van der Waals surface area contributed by atoms with E-state index < -0.39 is 5.60 Å². The van der Waals surface area contributed by atoms with Crippen LogP contribution >= 0.6 is 11.3 Å². The lowest BCUT2D eigenvalue weighted by Gasteiger charge is -2.23. The summed E-state index contributed by atoms with van der Waals surface area (Å²) in [6.07, 6.45) is 0.451. The van der Waals surface area contributed by atoms with E-state index in [1.807, 2.05) is 35.8 Å². The molecule has 1 atom stereocenters. The van der Waals surface area contributed by atoms with E-state index in [1.54, 1.807) is 6.92 Å². The van der Waals surface area contributed by atoms with E-state index in [2.05, 4.69) is 5.32 Å². The lowest BCUT2D eigenvalue weighted by atomic mass is 9.99. The fourth-order valence-electron chi connectivity index (χ4n) is 1.36. The van der Waals surface area contributed by atoms with E-state index in [-0.39, 0.29) is 12.5 Å². The van der Waals surface area contributed by atoms with Crippen molar-refractivity contribution in [2.75, 3.05) is 27.2 Å². The minimum atomic E-state index is -0.992. The van der Waals surface area contributed by atoms with E-state index in [9.17, 15) is 9.90 Å². The molecule has 0 saturated heterocycles. The largest absolute Gasteiger partial charge is 0.384 e. The van der Waals surface area contributed by atoms with Crippen LogP contribution in [0.3, 0.4) is 0 Å². The molecule has 1 amide bonds. The van der Waals surface area contributed by atoms with Crippen LogP contribution < -0.4 is 5.32 Å². The van der Waals surface area contributed by atoms with Gasteiger partial charge in [-0.2, -0.15) is 11.3 Å². The van der Waals surface area contributed by atoms with Gasteiger partial charge in [0.15, 0.2) is 0 Å². The monoisotopic (exact) mass is 256 g/mol. The van der Waals surface area contributed by atoms with Gasteiger partial charge in [-0.25, -0.2) is 0 Å². The predicted octanol–water partition coefficient (Wildman–Crippen LogP) is 1.02. The maximum absolute atomic E-state index is 11.5. The number of thiophene rings is 1. The van der Waals surface area contributed by atoms with Crippen LogP contribution in [-0.2, 0) is 10.4 Å². The van der Waals surface area contributed by atoms with Crippen molar-refractivity contribution in [2.45, 2.75) is 18.9 Å². The van der Waals surface area contributed by atoms with E-state index in [0.29, 0.717) is 13.0 Å². The van der Waals surface area contributed by atoms with Crippen molar-refractivity contribution >= 4 is 17.2 Å². The molecule has 0 fully saturated rings. The first-order valence-electron chi connectivity index (χ1n) is 5.58. The Morgan fingerprint density at radius 3 is 2.82 bits per heavy atom.